The average Bonchev–Trinajstić information content (AvgIpc) is 4.15. The van der Waals surface area contributed by atoms with E-state index in [0.29, 0.717) is 0 Å². The zero-order valence-electron chi connectivity index (χ0n) is 36.3. The van der Waals surface area contributed by atoms with Crippen molar-refractivity contribution >= 4 is 167 Å². The summed E-state index contributed by atoms with van der Waals surface area (Å²) in [6.07, 6.45) is 0. The van der Waals surface area contributed by atoms with Crippen LogP contribution in [-0.2, 0) is 0 Å². The Labute approximate surface area is 401 Å². The second kappa shape index (κ2) is 14.8. The third-order valence-electron chi connectivity index (χ3n) is 13.7. The Kier molecular flexibility index (Phi) is 8.36. The van der Waals surface area contributed by atoms with Gasteiger partial charge < -0.3 is 0 Å². The Bertz CT molecular complexity index is 4230. The molecule has 4 heterocycles. The van der Waals surface area contributed by atoms with E-state index in [4.69, 9.17) is 8.83 Å². The summed E-state index contributed by atoms with van der Waals surface area (Å²) in [6.45, 7) is 0. The zero-order valence-corrected chi connectivity index (χ0v) is 39.7. The van der Waals surface area contributed by atoms with E-state index < -0.39 is 0 Å². The molecular formula is C62H36N2O2Se2. The molecule has 0 fully saturated rings. The Morgan fingerprint density at radius 3 is 1.10 bits per heavy atom. The summed E-state index contributed by atoms with van der Waals surface area (Å²) in [4.78, 5) is 4.75. The maximum absolute atomic E-state index is 6.84. The molecule has 0 aliphatic carbocycles. The Hall–Kier alpha value is -7.82. The molecule has 0 aliphatic heterocycles. The van der Waals surface area contributed by atoms with Gasteiger partial charge in [0, 0.05) is 0 Å². The molecule has 6 heteroatoms. The summed E-state index contributed by atoms with van der Waals surface area (Å²) in [6, 6.07) is 79.9. The molecule has 15 rings (SSSR count). The first-order valence-electron chi connectivity index (χ1n) is 22.9. The Morgan fingerprint density at radius 1 is 0.250 bits per heavy atom. The second-order valence-electron chi connectivity index (χ2n) is 17.7. The molecule has 0 N–H and O–H groups in total. The van der Waals surface area contributed by atoms with Gasteiger partial charge in [-0.3, -0.25) is 0 Å². The minimum absolute atomic E-state index is 0.269. The van der Waals surface area contributed by atoms with Crippen molar-refractivity contribution in [3.63, 3.8) is 0 Å². The van der Waals surface area contributed by atoms with E-state index in [-0.39, 0.29) is 29.0 Å². The van der Waals surface area contributed by atoms with Crippen LogP contribution in [0.5, 0.6) is 0 Å². The summed E-state index contributed by atoms with van der Waals surface area (Å²) in [7, 11) is 0. The van der Waals surface area contributed by atoms with Crippen LogP contribution in [-0.4, -0.2) is 29.0 Å². The van der Waals surface area contributed by atoms with E-state index in [1.807, 2.05) is 0 Å². The molecule has 0 saturated heterocycles. The monoisotopic (exact) mass is 1000 g/mol. The molecule has 0 bridgehead atoms. The fourth-order valence-electron chi connectivity index (χ4n) is 10.6. The molecule has 0 atom stereocenters. The minimum atomic E-state index is 0.269. The van der Waals surface area contributed by atoms with Crippen LogP contribution in [0.25, 0.3) is 104 Å². The number of benzene rings is 11. The topological polar surface area (TPSA) is 32.8 Å². The van der Waals surface area contributed by atoms with Crippen LogP contribution in [0.3, 0.4) is 0 Å². The van der Waals surface area contributed by atoms with Gasteiger partial charge in [-0.05, 0) is 0 Å². The number of furan rings is 2. The van der Waals surface area contributed by atoms with E-state index in [0.717, 1.165) is 99.5 Å². The van der Waals surface area contributed by atoms with Crippen LogP contribution in [0.4, 0.5) is 34.1 Å². The maximum atomic E-state index is 6.84. The predicted octanol–water partition coefficient (Wildman–Crippen LogP) is 17.5. The first kappa shape index (κ1) is 38.3. The normalized spacial score (nSPS) is 12.1. The molecule has 68 heavy (non-hydrogen) atoms. The van der Waals surface area contributed by atoms with E-state index in [2.05, 4.69) is 228 Å². The zero-order chi connectivity index (χ0) is 44.5. The van der Waals surface area contributed by atoms with Crippen molar-refractivity contribution in [3.05, 3.63) is 218 Å². The first-order chi connectivity index (χ1) is 33.6. The quantitative estimate of drug-likeness (QED) is 0.155. The Balaban J connectivity index is 0.834. The molecule has 11 aromatic carbocycles. The molecular weight excluding hydrogens is 963 g/mol. The van der Waals surface area contributed by atoms with Crippen molar-refractivity contribution in [3.8, 4) is 0 Å². The molecule has 4 nitrogen and oxygen atoms in total. The van der Waals surface area contributed by atoms with E-state index in [9.17, 15) is 0 Å². The van der Waals surface area contributed by atoms with Crippen molar-refractivity contribution in [1.29, 1.82) is 0 Å². The van der Waals surface area contributed by atoms with Crippen molar-refractivity contribution in [2.45, 2.75) is 0 Å². The summed E-state index contributed by atoms with van der Waals surface area (Å²) < 4.78 is 19.4. The van der Waals surface area contributed by atoms with Gasteiger partial charge in [0.05, 0.1) is 0 Å². The average molecular weight is 999 g/mol. The van der Waals surface area contributed by atoms with Crippen molar-refractivity contribution in [2.24, 2.45) is 0 Å². The molecule has 0 saturated carbocycles. The predicted molar refractivity (Wildman–Crippen MR) is 289 cm³/mol. The number of hydrogen-bond acceptors (Lipinski definition) is 4. The number of nitrogens with zero attached hydrogens (tertiary/aromatic N) is 2. The number of rotatable bonds is 6. The number of hydrogen-bond donors (Lipinski definition) is 0. The Morgan fingerprint density at radius 2 is 0.632 bits per heavy atom. The van der Waals surface area contributed by atoms with Crippen LogP contribution in [0.1, 0.15) is 0 Å². The van der Waals surface area contributed by atoms with Gasteiger partial charge in [-0.15, -0.1) is 0 Å². The number of fused-ring (bicyclic) bond motifs is 15. The fourth-order valence-corrected chi connectivity index (χ4v) is 15.3. The van der Waals surface area contributed by atoms with Crippen molar-refractivity contribution in [2.75, 3.05) is 9.80 Å². The van der Waals surface area contributed by atoms with Crippen molar-refractivity contribution in [1.82, 2.24) is 0 Å². The van der Waals surface area contributed by atoms with Gasteiger partial charge in [0.25, 0.3) is 0 Å². The van der Waals surface area contributed by atoms with Crippen LogP contribution < -0.4 is 9.80 Å². The van der Waals surface area contributed by atoms with Gasteiger partial charge in [0.2, 0.25) is 0 Å². The van der Waals surface area contributed by atoms with Gasteiger partial charge in [-0.25, -0.2) is 0 Å². The van der Waals surface area contributed by atoms with Crippen LogP contribution in [0, 0.1) is 0 Å². The van der Waals surface area contributed by atoms with Crippen molar-refractivity contribution < 1.29 is 8.83 Å². The summed E-state index contributed by atoms with van der Waals surface area (Å²) in [5.74, 6) is 0. The van der Waals surface area contributed by atoms with E-state index in [1.165, 1.54) is 38.6 Å². The summed E-state index contributed by atoms with van der Waals surface area (Å²) >= 11 is 0.539. The third-order valence-corrected chi connectivity index (χ3v) is 18.5. The van der Waals surface area contributed by atoms with Crippen LogP contribution >= 0.6 is 0 Å². The molecule has 0 amide bonds. The molecule has 0 radical (unpaired) electrons. The van der Waals surface area contributed by atoms with Gasteiger partial charge in [-0.2, -0.15) is 0 Å². The first-order valence-corrected chi connectivity index (χ1v) is 26.3. The molecule has 318 valence electrons. The molecule has 0 aliphatic rings. The number of anilines is 6. The van der Waals surface area contributed by atoms with E-state index in [1.54, 1.807) is 0 Å². The molecule has 0 unspecified atom stereocenters. The molecule has 4 aromatic heterocycles. The second-order valence-corrected chi connectivity index (χ2v) is 22.2. The molecule has 0 spiro atoms. The summed E-state index contributed by atoms with van der Waals surface area (Å²) in [5.41, 5.74) is 9.99. The van der Waals surface area contributed by atoms with E-state index >= 15 is 0 Å². The van der Waals surface area contributed by atoms with Gasteiger partial charge in [0.1, 0.15) is 0 Å². The van der Waals surface area contributed by atoms with Crippen LogP contribution in [0.2, 0.25) is 0 Å². The summed E-state index contributed by atoms with van der Waals surface area (Å²) in [5, 5.41) is 14.3. The molecule has 15 aromatic rings. The standard InChI is InChI=1S/C62H36N2O2Se2/c1-3-11-41(12-4-1)63(45-23-25-49-47-15-7-9-17-57(47)67-59(49)35-45)43-21-19-37-31-53-51-27-28-52-54-32-38-20-22-44(30-40(38)34-56(54)66-62(52)61(51)65-55(53)33-39(37)29-43)64(42-13-5-2-6-14-42)46-24-26-50-48-16-8-10-18-58(48)68-60(50)36-46/h1-36H. The fraction of sp³-hybridized carbons (Fsp3) is 0. The van der Waals surface area contributed by atoms with Gasteiger partial charge in [0.15, 0.2) is 0 Å². The van der Waals surface area contributed by atoms with Gasteiger partial charge in [-0.1, -0.05) is 0 Å². The number of para-hydroxylation sites is 2. The van der Waals surface area contributed by atoms with Gasteiger partial charge >= 0.3 is 404 Å². The SMILES string of the molecule is c1ccc(N(c2ccc3cc4c(cc3c2)oc2c4ccc3c4cc5ccc(N(c6ccccc6)c6ccc7c(c6)[se]c6ccccc67)cc5cc4oc32)c2ccc3c(c2)[se]c2ccccc23)cc1. The third kappa shape index (κ3) is 5.92. The van der Waals surface area contributed by atoms with Crippen LogP contribution in [0.15, 0.2) is 227 Å².